The minimum Gasteiger partial charge on any atom is -0.328 e. The van der Waals surface area contributed by atoms with Gasteiger partial charge in [0.2, 0.25) is 0 Å². The summed E-state index contributed by atoms with van der Waals surface area (Å²) in [5.41, 5.74) is 0.373. The van der Waals surface area contributed by atoms with Crippen LogP contribution < -0.4 is 5.32 Å². The number of carbonyl (C=O) groups excluding carboxylic acids is 1. The molecule has 0 aromatic carbocycles. The summed E-state index contributed by atoms with van der Waals surface area (Å²) in [6, 6.07) is 4.08. The first-order chi connectivity index (χ1) is 11.7. The van der Waals surface area contributed by atoms with Crippen molar-refractivity contribution in [1.82, 2.24) is 25.2 Å². The summed E-state index contributed by atoms with van der Waals surface area (Å²) in [5.74, 6) is -0.139. The van der Waals surface area contributed by atoms with Gasteiger partial charge in [0.05, 0.1) is 23.1 Å². The molecule has 1 amide bonds. The highest BCUT2D eigenvalue weighted by Crippen LogP contribution is 2.23. The molecule has 0 aliphatic carbocycles. The van der Waals surface area contributed by atoms with Crippen molar-refractivity contribution >= 4 is 28.8 Å². The standard InChI is InChI=1S/C16H20ClN5OS/c1-2-9-21(10-13-3-4-15(17)24-13)16(23)14-11-22(20-19-14)12-5-7-18-8-6-12/h2-4,11-12,18H,1,5-10H2. The first kappa shape index (κ1) is 17.1. The van der Waals surface area contributed by atoms with E-state index in [0.29, 0.717) is 29.2 Å². The van der Waals surface area contributed by atoms with Crippen molar-refractivity contribution in [3.05, 3.63) is 45.9 Å². The number of rotatable bonds is 6. The van der Waals surface area contributed by atoms with E-state index in [9.17, 15) is 4.79 Å². The zero-order valence-corrected chi connectivity index (χ0v) is 14.9. The first-order valence-corrected chi connectivity index (χ1v) is 9.13. The number of nitrogens with zero attached hydrogens (tertiary/aromatic N) is 4. The predicted octanol–water partition coefficient (Wildman–Crippen LogP) is 2.75. The van der Waals surface area contributed by atoms with Crippen LogP contribution >= 0.6 is 22.9 Å². The highest BCUT2D eigenvalue weighted by molar-refractivity contribution is 7.16. The van der Waals surface area contributed by atoms with E-state index in [1.807, 2.05) is 16.8 Å². The Kier molecular flexibility index (Phi) is 5.65. The van der Waals surface area contributed by atoms with E-state index < -0.39 is 0 Å². The SMILES string of the molecule is C=CCN(Cc1ccc(Cl)s1)C(=O)c1cn(C2CCNCC2)nn1. The Hall–Kier alpha value is -1.70. The van der Waals surface area contributed by atoms with Crippen LogP contribution in [-0.4, -0.2) is 45.4 Å². The van der Waals surface area contributed by atoms with Gasteiger partial charge in [-0.2, -0.15) is 0 Å². The van der Waals surface area contributed by atoms with Crippen LogP contribution in [0.5, 0.6) is 0 Å². The molecule has 2 aromatic rings. The topological polar surface area (TPSA) is 63.1 Å². The monoisotopic (exact) mass is 365 g/mol. The van der Waals surface area contributed by atoms with E-state index in [1.54, 1.807) is 17.2 Å². The molecule has 6 nitrogen and oxygen atoms in total. The summed E-state index contributed by atoms with van der Waals surface area (Å²) in [4.78, 5) is 15.5. The van der Waals surface area contributed by atoms with Crippen molar-refractivity contribution in [1.29, 1.82) is 0 Å². The summed E-state index contributed by atoms with van der Waals surface area (Å²) in [6.07, 6.45) is 5.47. The molecule has 8 heteroatoms. The molecule has 1 N–H and O–H groups in total. The summed E-state index contributed by atoms with van der Waals surface area (Å²) < 4.78 is 2.54. The molecule has 1 aliphatic rings. The number of aromatic nitrogens is 3. The number of halogens is 1. The van der Waals surface area contributed by atoms with Crippen LogP contribution in [0.3, 0.4) is 0 Å². The van der Waals surface area contributed by atoms with Gasteiger partial charge in [-0.3, -0.25) is 4.79 Å². The lowest BCUT2D eigenvalue weighted by molar-refractivity contribution is 0.0758. The Morgan fingerprint density at radius 2 is 2.29 bits per heavy atom. The van der Waals surface area contributed by atoms with Gasteiger partial charge in [0.1, 0.15) is 0 Å². The molecule has 1 saturated heterocycles. The van der Waals surface area contributed by atoms with Gasteiger partial charge in [0.15, 0.2) is 5.69 Å². The summed E-state index contributed by atoms with van der Waals surface area (Å²) >= 11 is 7.44. The van der Waals surface area contributed by atoms with E-state index in [1.165, 1.54) is 11.3 Å². The lowest BCUT2D eigenvalue weighted by Crippen LogP contribution is -2.31. The fraction of sp³-hybridized carbons (Fsp3) is 0.438. The lowest BCUT2D eigenvalue weighted by Gasteiger charge is -2.22. The maximum absolute atomic E-state index is 12.8. The maximum atomic E-state index is 12.8. The Bertz CT molecular complexity index is 707. The van der Waals surface area contributed by atoms with Crippen LogP contribution in [0.25, 0.3) is 0 Å². The number of piperidine rings is 1. The van der Waals surface area contributed by atoms with E-state index in [-0.39, 0.29) is 5.91 Å². The zero-order valence-electron chi connectivity index (χ0n) is 13.3. The van der Waals surface area contributed by atoms with Crippen molar-refractivity contribution in [2.75, 3.05) is 19.6 Å². The van der Waals surface area contributed by atoms with E-state index in [2.05, 4.69) is 22.2 Å². The minimum absolute atomic E-state index is 0.139. The van der Waals surface area contributed by atoms with Gasteiger partial charge in [-0.1, -0.05) is 22.9 Å². The fourth-order valence-corrected chi connectivity index (χ4v) is 3.89. The normalized spacial score (nSPS) is 15.4. The average Bonchev–Trinajstić information content (AvgIpc) is 3.24. The molecule has 128 valence electrons. The van der Waals surface area contributed by atoms with Crippen LogP contribution in [-0.2, 0) is 6.54 Å². The lowest BCUT2D eigenvalue weighted by atomic mass is 10.1. The largest absolute Gasteiger partial charge is 0.328 e. The number of carbonyl (C=O) groups is 1. The van der Waals surface area contributed by atoms with E-state index >= 15 is 0 Å². The smallest absolute Gasteiger partial charge is 0.276 e. The molecule has 24 heavy (non-hydrogen) atoms. The molecular weight excluding hydrogens is 346 g/mol. The Morgan fingerprint density at radius 1 is 1.50 bits per heavy atom. The van der Waals surface area contributed by atoms with Gasteiger partial charge in [-0.25, -0.2) is 4.68 Å². The highest BCUT2D eigenvalue weighted by Gasteiger charge is 2.22. The number of hydrogen-bond acceptors (Lipinski definition) is 5. The van der Waals surface area contributed by atoms with Crippen molar-refractivity contribution < 1.29 is 4.79 Å². The molecule has 0 unspecified atom stereocenters. The van der Waals surface area contributed by atoms with Gasteiger partial charge in [0.25, 0.3) is 5.91 Å². The summed E-state index contributed by atoms with van der Waals surface area (Å²) in [5, 5.41) is 11.6. The molecule has 0 spiro atoms. The number of amides is 1. The van der Waals surface area contributed by atoms with Gasteiger partial charge in [-0.15, -0.1) is 23.0 Å². The van der Waals surface area contributed by atoms with E-state index in [4.69, 9.17) is 11.6 Å². The van der Waals surface area contributed by atoms with Crippen LogP contribution in [0.1, 0.15) is 34.2 Å². The molecule has 0 atom stereocenters. The maximum Gasteiger partial charge on any atom is 0.276 e. The zero-order chi connectivity index (χ0) is 16.9. The summed E-state index contributed by atoms with van der Waals surface area (Å²) in [6.45, 7) is 6.61. The number of nitrogens with one attached hydrogen (secondary N) is 1. The predicted molar refractivity (Wildman–Crippen MR) is 95.4 cm³/mol. The molecule has 0 saturated carbocycles. The quantitative estimate of drug-likeness (QED) is 0.799. The van der Waals surface area contributed by atoms with Crippen LogP contribution in [0.4, 0.5) is 0 Å². The Balaban J connectivity index is 1.72. The number of hydrogen-bond donors (Lipinski definition) is 1. The second-order valence-corrected chi connectivity index (χ2v) is 7.54. The molecular formula is C16H20ClN5OS. The molecule has 3 heterocycles. The van der Waals surface area contributed by atoms with Crippen molar-refractivity contribution in [2.24, 2.45) is 0 Å². The third-order valence-corrected chi connectivity index (χ3v) is 5.24. The third-order valence-electron chi connectivity index (χ3n) is 4.02. The minimum atomic E-state index is -0.139. The molecule has 0 bridgehead atoms. The van der Waals surface area contributed by atoms with Crippen LogP contribution in [0.2, 0.25) is 4.34 Å². The molecule has 1 aliphatic heterocycles. The second kappa shape index (κ2) is 7.92. The average molecular weight is 366 g/mol. The summed E-state index contributed by atoms with van der Waals surface area (Å²) in [7, 11) is 0. The molecule has 1 fully saturated rings. The highest BCUT2D eigenvalue weighted by atomic mass is 35.5. The Labute approximate surface area is 150 Å². The molecule has 0 radical (unpaired) electrons. The molecule has 3 rings (SSSR count). The van der Waals surface area contributed by atoms with Gasteiger partial charge < -0.3 is 10.2 Å². The van der Waals surface area contributed by atoms with Crippen LogP contribution in [0, 0.1) is 0 Å². The second-order valence-electron chi connectivity index (χ2n) is 5.75. The van der Waals surface area contributed by atoms with Crippen LogP contribution in [0.15, 0.2) is 31.0 Å². The number of thiophene rings is 1. The fourth-order valence-electron chi connectivity index (χ4n) is 2.79. The Morgan fingerprint density at radius 3 is 2.96 bits per heavy atom. The molecule has 2 aromatic heterocycles. The van der Waals surface area contributed by atoms with Gasteiger partial charge in [-0.05, 0) is 38.1 Å². The van der Waals surface area contributed by atoms with Crippen molar-refractivity contribution in [3.8, 4) is 0 Å². The van der Waals surface area contributed by atoms with Gasteiger partial charge in [0, 0.05) is 11.4 Å². The van der Waals surface area contributed by atoms with E-state index in [0.717, 1.165) is 30.8 Å². The van der Waals surface area contributed by atoms with Crippen molar-refractivity contribution in [2.45, 2.75) is 25.4 Å². The van der Waals surface area contributed by atoms with Crippen molar-refractivity contribution in [3.63, 3.8) is 0 Å². The third kappa shape index (κ3) is 4.03. The first-order valence-electron chi connectivity index (χ1n) is 7.94. The van der Waals surface area contributed by atoms with Gasteiger partial charge >= 0.3 is 0 Å².